The van der Waals surface area contributed by atoms with Crippen molar-refractivity contribution in [3.05, 3.63) is 60.7 Å². The van der Waals surface area contributed by atoms with Gasteiger partial charge in [-0.05, 0) is 37.1 Å². The topological polar surface area (TPSA) is 90.2 Å². The van der Waals surface area contributed by atoms with E-state index in [9.17, 15) is 0 Å². The predicted molar refractivity (Wildman–Crippen MR) is 89.9 cm³/mol. The Morgan fingerprint density at radius 1 is 0.696 bits per heavy atom. The summed E-state index contributed by atoms with van der Waals surface area (Å²) in [6.45, 7) is 3.57. The molecule has 0 aromatic heterocycles. The van der Waals surface area contributed by atoms with Crippen molar-refractivity contribution in [1.82, 2.24) is 0 Å². The third-order valence-corrected chi connectivity index (χ3v) is 2.53. The summed E-state index contributed by atoms with van der Waals surface area (Å²) in [7, 11) is 0. The Morgan fingerprint density at radius 2 is 1.00 bits per heavy atom. The molecular weight excluding hydrogens is 296 g/mol. The molecule has 0 aliphatic rings. The second-order valence-electron chi connectivity index (χ2n) is 4.53. The van der Waals surface area contributed by atoms with Gasteiger partial charge in [0.2, 0.25) is 0 Å². The van der Waals surface area contributed by atoms with Gasteiger partial charge in [0.15, 0.2) is 12.6 Å². The van der Waals surface area contributed by atoms with Gasteiger partial charge in [0, 0.05) is 0 Å². The van der Waals surface area contributed by atoms with Crippen LogP contribution in [-0.4, -0.2) is 33.0 Å². The fraction of sp³-hybridized carbons (Fsp3) is 0.333. The van der Waals surface area contributed by atoms with E-state index < -0.39 is 12.6 Å². The lowest BCUT2D eigenvalue weighted by atomic mass is 10.3. The molecule has 2 aromatic carbocycles. The van der Waals surface area contributed by atoms with Crippen molar-refractivity contribution in [3.63, 3.8) is 0 Å². The van der Waals surface area contributed by atoms with Crippen LogP contribution in [0.15, 0.2) is 60.7 Å². The van der Waals surface area contributed by atoms with Gasteiger partial charge in [0.25, 0.3) is 0 Å². The summed E-state index contributed by atoms with van der Waals surface area (Å²) >= 11 is 0. The van der Waals surface area contributed by atoms with Gasteiger partial charge >= 0.3 is 0 Å². The maximum Gasteiger partial charge on any atom is 0.157 e. The number of aromatic hydroxyl groups is 2. The number of ether oxygens (including phenoxy) is 1. The highest BCUT2D eigenvalue weighted by atomic mass is 16.7. The molecule has 4 N–H and O–H groups in total. The third kappa shape index (κ3) is 13.3. The van der Waals surface area contributed by atoms with Gasteiger partial charge in [-0.2, -0.15) is 0 Å². The molecule has 0 saturated heterocycles. The van der Waals surface area contributed by atoms with Gasteiger partial charge in [-0.1, -0.05) is 50.2 Å². The first kappa shape index (κ1) is 20.9. The molecule has 5 heteroatoms. The second kappa shape index (κ2) is 13.6. The van der Waals surface area contributed by atoms with E-state index >= 15 is 0 Å². The van der Waals surface area contributed by atoms with Gasteiger partial charge < -0.3 is 25.2 Å². The average molecular weight is 322 g/mol. The number of para-hydroxylation sites is 2. The van der Waals surface area contributed by atoms with E-state index in [-0.39, 0.29) is 0 Å². The van der Waals surface area contributed by atoms with Gasteiger partial charge in [-0.3, -0.25) is 0 Å². The quantitative estimate of drug-likeness (QED) is 0.649. The van der Waals surface area contributed by atoms with E-state index in [1.165, 1.54) is 0 Å². The van der Waals surface area contributed by atoms with E-state index in [0.29, 0.717) is 24.3 Å². The van der Waals surface area contributed by atoms with Crippen LogP contribution < -0.4 is 0 Å². The summed E-state index contributed by atoms with van der Waals surface area (Å²) in [4.78, 5) is 0. The molecule has 0 fully saturated rings. The Bertz CT molecular complexity index is 430. The van der Waals surface area contributed by atoms with Crippen molar-refractivity contribution in [2.75, 3.05) is 0 Å². The lowest BCUT2D eigenvalue weighted by molar-refractivity contribution is -0.208. The average Bonchev–Trinajstić information content (AvgIpc) is 2.57. The minimum absolute atomic E-state index is 0.322. The van der Waals surface area contributed by atoms with E-state index in [1.54, 1.807) is 62.4 Å². The van der Waals surface area contributed by atoms with Crippen LogP contribution in [-0.2, 0) is 4.74 Å². The van der Waals surface area contributed by atoms with Crippen molar-refractivity contribution < 1.29 is 25.2 Å². The van der Waals surface area contributed by atoms with Crippen LogP contribution in [0.3, 0.4) is 0 Å². The maximum atomic E-state index is 8.78. The predicted octanol–water partition coefficient (Wildman–Crippen LogP) is 3.24. The normalized spacial score (nSPS) is 12.0. The third-order valence-electron chi connectivity index (χ3n) is 2.53. The van der Waals surface area contributed by atoms with Crippen LogP contribution in [0.4, 0.5) is 0 Å². The van der Waals surface area contributed by atoms with Crippen LogP contribution in [0, 0.1) is 0 Å². The van der Waals surface area contributed by atoms with Gasteiger partial charge in [-0.15, -0.1) is 0 Å². The number of aliphatic hydroxyl groups excluding tert-OH is 2. The first-order valence-corrected chi connectivity index (χ1v) is 7.49. The van der Waals surface area contributed by atoms with Crippen molar-refractivity contribution in [2.45, 2.75) is 39.3 Å². The minimum atomic E-state index is -0.819. The molecule has 23 heavy (non-hydrogen) atoms. The summed E-state index contributed by atoms with van der Waals surface area (Å²) in [5.74, 6) is 0.644. The molecule has 5 nitrogen and oxygen atoms in total. The molecule has 2 aromatic rings. The lowest BCUT2D eigenvalue weighted by Gasteiger charge is -2.13. The van der Waals surface area contributed by atoms with Crippen molar-refractivity contribution in [1.29, 1.82) is 0 Å². The number of phenols is 2. The molecule has 0 saturated carbocycles. The molecule has 0 heterocycles. The Balaban J connectivity index is 0.000000318. The SMILES string of the molecule is CCC(O)OC(O)CC.Oc1ccccc1.Oc1ccccc1. The Kier molecular flexibility index (Phi) is 12.3. The molecule has 128 valence electrons. The fourth-order valence-electron chi connectivity index (χ4n) is 1.23. The van der Waals surface area contributed by atoms with Crippen LogP contribution in [0.2, 0.25) is 0 Å². The summed E-state index contributed by atoms with van der Waals surface area (Å²) < 4.78 is 4.66. The second-order valence-corrected chi connectivity index (χ2v) is 4.53. The summed E-state index contributed by atoms with van der Waals surface area (Å²) in [6, 6.07) is 17.4. The highest BCUT2D eigenvalue weighted by Crippen LogP contribution is 2.03. The Morgan fingerprint density at radius 3 is 1.17 bits per heavy atom. The molecule has 0 bridgehead atoms. The number of hydrogen-bond acceptors (Lipinski definition) is 5. The molecule has 2 atom stereocenters. The molecule has 0 spiro atoms. The highest BCUT2D eigenvalue weighted by Gasteiger charge is 2.05. The Hall–Kier alpha value is -2.08. The van der Waals surface area contributed by atoms with Crippen LogP contribution in [0.5, 0.6) is 11.5 Å². The zero-order valence-corrected chi connectivity index (χ0v) is 13.5. The summed E-state index contributed by atoms with van der Waals surface area (Å²) in [5, 5.41) is 34.8. The lowest BCUT2D eigenvalue weighted by Crippen LogP contribution is -2.19. The monoisotopic (exact) mass is 322 g/mol. The van der Waals surface area contributed by atoms with Crippen LogP contribution in [0.25, 0.3) is 0 Å². The number of benzene rings is 2. The highest BCUT2D eigenvalue weighted by molar-refractivity contribution is 5.19. The molecule has 2 rings (SSSR count). The van der Waals surface area contributed by atoms with Crippen molar-refractivity contribution >= 4 is 0 Å². The molecule has 2 unspecified atom stereocenters. The molecule has 0 radical (unpaired) electrons. The minimum Gasteiger partial charge on any atom is -0.508 e. The first-order chi connectivity index (χ1) is 11.0. The zero-order valence-electron chi connectivity index (χ0n) is 13.5. The molecule has 0 aliphatic heterocycles. The standard InChI is InChI=1S/C6H14O3.2C6H6O/c1-3-5(7)9-6(8)4-2;2*7-6-4-2-1-3-5-6/h5-8H,3-4H2,1-2H3;2*1-5,7H. The molecule has 0 aliphatic carbocycles. The maximum absolute atomic E-state index is 8.78. The molecule has 0 amide bonds. The molecular formula is C18H26O5. The van der Waals surface area contributed by atoms with Crippen molar-refractivity contribution in [3.8, 4) is 11.5 Å². The number of hydrogen-bond donors (Lipinski definition) is 4. The summed E-state index contributed by atoms with van der Waals surface area (Å²) in [6.07, 6.45) is -0.617. The van der Waals surface area contributed by atoms with Crippen LogP contribution in [0.1, 0.15) is 26.7 Å². The first-order valence-electron chi connectivity index (χ1n) is 7.49. The smallest absolute Gasteiger partial charge is 0.157 e. The zero-order chi connectivity index (χ0) is 17.5. The van der Waals surface area contributed by atoms with E-state index in [2.05, 4.69) is 4.74 Å². The van der Waals surface area contributed by atoms with E-state index in [4.69, 9.17) is 20.4 Å². The van der Waals surface area contributed by atoms with Gasteiger partial charge in [0.1, 0.15) is 11.5 Å². The largest absolute Gasteiger partial charge is 0.508 e. The van der Waals surface area contributed by atoms with Crippen LogP contribution >= 0.6 is 0 Å². The van der Waals surface area contributed by atoms with E-state index in [0.717, 1.165) is 0 Å². The number of aliphatic hydroxyl groups is 2. The van der Waals surface area contributed by atoms with Gasteiger partial charge in [0.05, 0.1) is 0 Å². The number of phenolic OH excluding ortho intramolecular Hbond substituents is 2. The Labute approximate surface area is 137 Å². The fourth-order valence-corrected chi connectivity index (χ4v) is 1.23. The summed E-state index contributed by atoms with van der Waals surface area (Å²) in [5.41, 5.74) is 0. The van der Waals surface area contributed by atoms with Gasteiger partial charge in [-0.25, -0.2) is 0 Å². The number of rotatable bonds is 4. The van der Waals surface area contributed by atoms with E-state index in [1.807, 2.05) is 12.1 Å². The van der Waals surface area contributed by atoms with Crippen molar-refractivity contribution in [2.24, 2.45) is 0 Å².